The standard InChI is InChI=1S/C29H32F3N3O4/c1-14-11-27-15(2)8-20-22(26(20,3)4)19(25(27)38)10-17(13-36)24(37)28(27,39)23(14)35-12-21(33-34-35)16-6-5-7-18(9-16)29(30,31)32/h5-7,9-12,15,19-20,22-24,36-37,39H,8,13H2,1-4H3/t15-,19+,20-,22+,23+,24-,27+,28-/m1/s1. The van der Waals surface area contributed by atoms with Crippen LogP contribution in [0.1, 0.15) is 45.7 Å². The van der Waals surface area contributed by atoms with Gasteiger partial charge in [0.2, 0.25) is 0 Å². The molecule has 0 aliphatic heterocycles. The van der Waals surface area contributed by atoms with Gasteiger partial charge in [0, 0.05) is 11.5 Å². The second-order valence-electron chi connectivity index (χ2n) is 12.4. The molecule has 4 aliphatic rings. The molecule has 6 rings (SSSR count). The fourth-order valence-electron chi connectivity index (χ4n) is 8.23. The molecule has 39 heavy (non-hydrogen) atoms. The fraction of sp³-hybridized carbons (Fsp3) is 0.552. The second-order valence-corrected chi connectivity index (χ2v) is 12.4. The van der Waals surface area contributed by atoms with Gasteiger partial charge in [0.15, 0.2) is 5.78 Å². The van der Waals surface area contributed by atoms with Crippen LogP contribution in [0.5, 0.6) is 0 Å². The maximum Gasteiger partial charge on any atom is 0.416 e. The molecule has 7 nitrogen and oxygen atoms in total. The van der Waals surface area contributed by atoms with Crippen molar-refractivity contribution in [2.24, 2.45) is 34.5 Å². The number of aliphatic hydroxyl groups is 3. The first-order chi connectivity index (χ1) is 18.2. The Morgan fingerprint density at radius 3 is 2.62 bits per heavy atom. The van der Waals surface area contributed by atoms with Gasteiger partial charge in [0.1, 0.15) is 23.4 Å². The minimum Gasteiger partial charge on any atom is -0.392 e. The van der Waals surface area contributed by atoms with E-state index in [1.54, 1.807) is 19.1 Å². The molecule has 4 aliphatic carbocycles. The Hall–Kier alpha value is -2.82. The number of hydrogen-bond donors (Lipinski definition) is 3. The summed E-state index contributed by atoms with van der Waals surface area (Å²) in [6.07, 6.45) is -0.586. The Balaban J connectivity index is 1.49. The van der Waals surface area contributed by atoms with E-state index in [0.717, 1.165) is 12.1 Å². The summed E-state index contributed by atoms with van der Waals surface area (Å²) < 4.78 is 41.3. The summed E-state index contributed by atoms with van der Waals surface area (Å²) in [4.78, 5) is 14.5. The number of aliphatic hydroxyl groups excluding tert-OH is 2. The molecule has 3 N–H and O–H groups in total. The van der Waals surface area contributed by atoms with E-state index < -0.39 is 47.4 Å². The number of allylic oxidation sites excluding steroid dienone is 1. The summed E-state index contributed by atoms with van der Waals surface area (Å²) in [6.45, 7) is 7.40. The van der Waals surface area contributed by atoms with Gasteiger partial charge >= 0.3 is 6.18 Å². The summed E-state index contributed by atoms with van der Waals surface area (Å²) in [5.41, 5.74) is -3.35. The number of fused-ring (bicyclic) bond motifs is 3. The van der Waals surface area contributed by atoms with E-state index in [2.05, 4.69) is 24.2 Å². The fourth-order valence-corrected chi connectivity index (χ4v) is 8.23. The van der Waals surface area contributed by atoms with Crippen molar-refractivity contribution in [2.45, 2.75) is 58.0 Å². The van der Waals surface area contributed by atoms with Crippen LogP contribution in [-0.4, -0.2) is 54.4 Å². The van der Waals surface area contributed by atoms with Crippen molar-refractivity contribution in [1.82, 2.24) is 15.0 Å². The maximum absolute atomic E-state index is 14.5. The average Bonchev–Trinajstić information content (AvgIpc) is 3.16. The van der Waals surface area contributed by atoms with Gasteiger partial charge < -0.3 is 15.3 Å². The molecule has 208 valence electrons. The monoisotopic (exact) mass is 543 g/mol. The SMILES string of the molecule is CC1=C[C@]23C(=O)[C@@H](C=C(CO)[C@@H](O)[C@]2(O)[C@H]1n1cc(-c2cccc(C(F)(F)F)c2)nn1)[C@H]1[C@@H](C[C@H]3C)C1(C)C. The van der Waals surface area contributed by atoms with Crippen LogP contribution in [0.25, 0.3) is 11.3 Å². The van der Waals surface area contributed by atoms with Gasteiger partial charge in [-0.15, -0.1) is 5.10 Å². The maximum atomic E-state index is 14.5. The summed E-state index contributed by atoms with van der Waals surface area (Å²) in [7, 11) is 0. The number of aromatic nitrogens is 3. The van der Waals surface area contributed by atoms with Crippen LogP contribution in [0, 0.1) is 34.5 Å². The zero-order chi connectivity index (χ0) is 28.3. The van der Waals surface area contributed by atoms with Crippen molar-refractivity contribution in [3.63, 3.8) is 0 Å². The van der Waals surface area contributed by atoms with Crippen LogP contribution in [-0.2, 0) is 11.0 Å². The Labute approximate surface area is 224 Å². The van der Waals surface area contributed by atoms with Crippen LogP contribution < -0.4 is 0 Å². The number of nitrogens with zero attached hydrogens (tertiary/aromatic N) is 3. The van der Waals surface area contributed by atoms with Crippen molar-refractivity contribution in [3.8, 4) is 11.3 Å². The topological polar surface area (TPSA) is 108 Å². The van der Waals surface area contributed by atoms with Crippen LogP contribution in [0.2, 0.25) is 0 Å². The molecule has 1 aromatic carbocycles. The first-order valence-electron chi connectivity index (χ1n) is 13.2. The number of carbonyl (C=O) groups is 1. The van der Waals surface area contributed by atoms with Gasteiger partial charge in [-0.2, -0.15) is 13.2 Å². The van der Waals surface area contributed by atoms with Gasteiger partial charge in [0.05, 0.1) is 23.8 Å². The smallest absolute Gasteiger partial charge is 0.392 e. The largest absolute Gasteiger partial charge is 0.416 e. The number of Topliss-reactive ketones (excluding diaryl/α,β-unsaturated/α-hetero) is 1. The van der Waals surface area contributed by atoms with E-state index in [1.165, 1.54) is 23.0 Å². The van der Waals surface area contributed by atoms with Crippen molar-refractivity contribution < 1.29 is 33.3 Å². The number of carbonyl (C=O) groups excluding carboxylic acids is 1. The minimum atomic E-state index is -4.53. The molecule has 8 atom stereocenters. The molecular formula is C29H32F3N3O4. The lowest BCUT2D eigenvalue weighted by molar-refractivity contribution is -0.175. The quantitative estimate of drug-likeness (QED) is 0.506. The second kappa shape index (κ2) is 8.11. The van der Waals surface area contributed by atoms with Gasteiger partial charge in [-0.05, 0) is 59.8 Å². The van der Waals surface area contributed by atoms with Crippen LogP contribution >= 0.6 is 0 Å². The van der Waals surface area contributed by atoms with E-state index in [1.807, 2.05) is 6.92 Å². The first-order valence-corrected chi connectivity index (χ1v) is 13.2. The van der Waals surface area contributed by atoms with E-state index in [9.17, 15) is 33.3 Å². The predicted octanol–water partition coefficient (Wildman–Crippen LogP) is 3.97. The van der Waals surface area contributed by atoms with E-state index in [4.69, 9.17) is 0 Å². The van der Waals surface area contributed by atoms with Gasteiger partial charge in [-0.3, -0.25) is 4.79 Å². The van der Waals surface area contributed by atoms with E-state index >= 15 is 0 Å². The lowest BCUT2D eigenvalue weighted by Gasteiger charge is -2.49. The summed E-state index contributed by atoms with van der Waals surface area (Å²) in [5, 5.41) is 42.9. The third kappa shape index (κ3) is 3.31. The molecule has 0 radical (unpaired) electrons. The number of rotatable bonds is 3. The minimum absolute atomic E-state index is 0.0366. The third-order valence-corrected chi connectivity index (χ3v) is 10.2. The summed E-state index contributed by atoms with van der Waals surface area (Å²) in [6, 6.07) is 3.68. The molecule has 0 amide bonds. The first kappa shape index (κ1) is 26.4. The molecule has 0 unspecified atom stereocenters. The average molecular weight is 544 g/mol. The molecule has 10 heteroatoms. The van der Waals surface area contributed by atoms with E-state index in [-0.39, 0.29) is 45.8 Å². The molecule has 2 saturated carbocycles. The molecule has 2 fully saturated rings. The van der Waals surface area contributed by atoms with Gasteiger partial charge in [-0.25, -0.2) is 4.68 Å². The Kier molecular flexibility index (Phi) is 5.49. The Morgan fingerprint density at radius 2 is 1.95 bits per heavy atom. The summed E-state index contributed by atoms with van der Waals surface area (Å²) in [5.74, 6) is -0.794. The Bertz CT molecular complexity index is 1430. The highest BCUT2D eigenvalue weighted by molar-refractivity contribution is 5.95. The molecule has 2 bridgehead atoms. The molecule has 1 aromatic heterocycles. The molecule has 1 heterocycles. The molecule has 0 saturated heterocycles. The number of alkyl halides is 3. The number of ketones is 1. The number of benzene rings is 1. The van der Waals surface area contributed by atoms with E-state index in [0.29, 0.717) is 12.0 Å². The molecular weight excluding hydrogens is 511 g/mol. The van der Waals surface area contributed by atoms with Crippen LogP contribution in [0.15, 0.2) is 53.8 Å². The van der Waals surface area contributed by atoms with Crippen molar-refractivity contribution in [2.75, 3.05) is 6.61 Å². The third-order valence-electron chi connectivity index (χ3n) is 10.2. The van der Waals surface area contributed by atoms with Crippen LogP contribution in [0.4, 0.5) is 13.2 Å². The predicted molar refractivity (Wildman–Crippen MR) is 135 cm³/mol. The van der Waals surface area contributed by atoms with Gasteiger partial charge in [0.25, 0.3) is 0 Å². The van der Waals surface area contributed by atoms with Gasteiger partial charge in [-0.1, -0.05) is 50.3 Å². The van der Waals surface area contributed by atoms with Crippen molar-refractivity contribution in [1.29, 1.82) is 0 Å². The number of halogens is 3. The molecule has 2 aromatic rings. The Morgan fingerprint density at radius 1 is 1.23 bits per heavy atom. The normalized spacial score (nSPS) is 38.8. The highest BCUT2D eigenvalue weighted by atomic mass is 19.4. The van der Waals surface area contributed by atoms with Crippen molar-refractivity contribution >= 4 is 5.78 Å². The zero-order valence-corrected chi connectivity index (χ0v) is 22.1. The van der Waals surface area contributed by atoms with Crippen LogP contribution in [0.3, 0.4) is 0 Å². The highest BCUT2D eigenvalue weighted by Gasteiger charge is 2.76. The number of hydrogen-bond acceptors (Lipinski definition) is 6. The lowest BCUT2D eigenvalue weighted by Crippen LogP contribution is -2.63. The highest BCUT2D eigenvalue weighted by Crippen LogP contribution is 2.72. The van der Waals surface area contributed by atoms with Crippen molar-refractivity contribution in [3.05, 3.63) is 59.3 Å². The lowest BCUT2D eigenvalue weighted by atomic mass is 9.58. The zero-order valence-electron chi connectivity index (χ0n) is 22.1. The molecule has 1 spiro atoms. The summed E-state index contributed by atoms with van der Waals surface area (Å²) >= 11 is 0.